The van der Waals surface area contributed by atoms with Gasteiger partial charge in [-0.2, -0.15) is 4.99 Å². The topological polar surface area (TPSA) is 12.4 Å². The number of rotatable bonds is 1. The van der Waals surface area contributed by atoms with Crippen LogP contribution in [0.5, 0.6) is 0 Å². The van der Waals surface area contributed by atoms with Gasteiger partial charge in [0.05, 0.1) is 15.3 Å². The van der Waals surface area contributed by atoms with Crippen LogP contribution in [-0.4, -0.2) is 5.16 Å². The first-order valence-electron chi connectivity index (χ1n) is 3.30. The minimum atomic E-state index is -0.327. The highest BCUT2D eigenvalue weighted by Gasteiger charge is 2.11. The molecule has 0 aliphatic rings. The maximum Gasteiger partial charge on any atom is 0.142 e. The summed E-state index contributed by atoms with van der Waals surface area (Å²) in [7, 11) is 0. The molecule has 0 heterocycles. The molecule has 13 heavy (non-hydrogen) atoms. The lowest BCUT2D eigenvalue weighted by atomic mass is 10.2. The maximum atomic E-state index is 13.3. The molecule has 0 N–H and O–H groups in total. The predicted octanol–water partition coefficient (Wildman–Crippen LogP) is 4.39. The third-order valence-corrected chi connectivity index (χ3v) is 2.80. The molecule has 1 rings (SSSR count). The van der Waals surface area contributed by atoms with Crippen molar-refractivity contribution >= 4 is 54.9 Å². The van der Waals surface area contributed by atoms with E-state index < -0.39 is 0 Å². The first-order chi connectivity index (χ1) is 6.07. The van der Waals surface area contributed by atoms with E-state index in [9.17, 15) is 4.39 Å². The van der Waals surface area contributed by atoms with Crippen LogP contribution >= 0.6 is 44.1 Å². The van der Waals surface area contributed by atoms with Crippen LogP contribution < -0.4 is 0 Å². The van der Waals surface area contributed by atoms with Crippen molar-refractivity contribution in [1.82, 2.24) is 0 Å². The van der Waals surface area contributed by atoms with E-state index in [4.69, 9.17) is 0 Å². The number of benzene rings is 1. The van der Waals surface area contributed by atoms with Gasteiger partial charge in [0.2, 0.25) is 0 Å². The Bertz CT molecular complexity index is 400. The van der Waals surface area contributed by atoms with Crippen molar-refractivity contribution in [2.45, 2.75) is 6.92 Å². The highest BCUT2D eigenvalue weighted by molar-refractivity contribution is 9.11. The van der Waals surface area contributed by atoms with Gasteiger partial charge < -0.3 is 0 Å². The second kappa shape index (κ2) is 4.42. The molecular formula is C8H4Br2FNS. The van der Waals surface area contributed by atoms with E-state index in [0.717, 1.165) is 0 Å². The number of hydrogen-bond acceptors (Lipinski definition) is 2. The normalized spacial score (nSPS) is 9.54. The van der Waals surface area contributed by atoms with E-state index in [-0.39, 0.29) is 5.82 Å². The Kier molecular flexibility index (Phi) is 3.74. The molecule has 0 fully saturated rings. The van der Waals surface area contributed by atoms with Gasteiger partial charge in [0.25, 0.3) is 0 Å². The van der Waals surface area contributed by atoms with Crippen LogP contribution in [0, 0.1) is 12.7 Å². The van der Waals surface area contributed by atoms with Crippen LogP contribution in [0.4, 0.5) is 10.1 Å². The zero-order valence-corrected chi connectivity index (χ0v) is 10.6. The Balaban J connectivity index is 3.52. The molecule has 0 spiro atoms. The van der Waals surface area contributed by atoms with Gasteiger partial charge in [-0.15, -0.1) is 0 Å². The summed E-state index contributed by atoms with van der Waals surface area (Å²) in [5.41, 5.74) is 0.925. The van der Waals surface area contributed by atoms with Crippen LogP contribution in [0.2, 0.25) is 0 Å². The molecule has 0 aromatic heterocycles. The largest absolute Gasteiger partial charge is 0.205 e. The maximum absolute atomic E-state index is 13.3. The van der Waals surface area contributed by atoms with Gasteiger partial charge in [-0.05, 0) is 57.1 Å². The number of halogens is 3. The molecule has 0 radical (unpaired) electrons. The van der Waals surface area contributed by atoms with Gasteiger partial charge in [0.15, 0.2) is 0 Å². The summed E-state index contributed by atoms with van der Waals surface area (Å²) in [6.45, 7) is 1.64. The summed E-state index contributed by atoms with van der Waals surface area (Å²) >= 11 is 10.8. The molecule has 1 aromatic carbocycles. The number of nitrogens with zero attached hydrogens (tertiary/aromatic N) is 1. The smallest absolute Gasteiger partial charge is 0.142 e. The van der Waals surface area contributed by atoms with E-state index in [1.54, 1.807) is 13.0 Å². The van der Waals surface area contributed by atoms with Crippen molar-refractivity contribution in [3.63, 3.8) is 0 Å². The lowest BCUT2D eigenvalue weighted by molar-refractivity contribution is 0.612. The fraction of sp³-hybridized carbons (Fsp3) is 0.125. The van der Waals surface area contributed by atoms with Crippen LogP contribution in [0.15, 0.2) is 20.0 Å². The SMILES string of the molecule is Cc1c(F)c(Br)cc(Br)c1N=C=S. The Morgan fingerprint density at radius 3 is 2.62 bits per heavy atom. The van der Waals surface area contributed by atoms with Crippen LogP contribution in [0.3, 0.4) is 0 Å². The molecule has 0 atom stereocenters. The summed E-state index contributed by atoms with van der Waals surface area (Å²) in [6.07, 6.45) is 0. The predicted molar refractivity (Wildman–Crippen MR) is 61.2 cm³/mol. The fourth-order valence-corrected chi connectivity index (χ4v) is 2.43. The lowest BCUT2D eigenvalue weighted by Gasteiger charge is -2.04. The molecule has 68 valence electrons. The van der Waals surface area contributed by atoms with Gasteiger partial charge >= 0.3 is 0 Å². The van der Waals surface area contributed by atoms with Crippen molar-refractivity contribution in [1.29, 1.82) is 0 Å². The molecule has 0 aliphatic carbocycles. The van der Waals surface area contributed by atoms with Crippen molar-refractivity contribution in [3.8, 4) is 0 Å². The summed E-state index contributed by atoms with van der Waals surface area (Å²) in [6, 6.07) is 1.59. The molecule has 1 nitrogen and oxygen atoms in total. The average molecular weight is 325 g/mol. The highest BCUT2D eigenvalue weighted by Crippen LogP contribution is 2.34. The molecule has 0 saturated carbocycles. The van der Waals surface area contributed by atoms with E-state index in [1.165, 1.54) is 0 Å². The summed E-state index contributed by atoms with van der Waals surface area (Å²) < 4.78 is 14.4. The lowest BCUT2D eigenvalue weighted by Crippen LogP contribution is -1.86. The summed E-state index contributed by atoms with van der Waals surface area (Å²) in [4.78, 5) is 3.76. The number of aliphatic imine (C=N–C) groups is 1. The summed E-state index contributed by atoms with van der Waals surface area (Å²) in [5, 5.41) is 2.21. The Labute approximate surface area is 97.3 Å². The van der Waals surface area contributed by atoms with Crippen LogP contribution in [0.25, 0.3) is 0 Å². The standard InChI is InChI=1S/C8H4Br2FNS/c1-4-7(11)5(9)2-6(10)8(4)12-3-13/h2H,1H3. The molecular weight excluding hydrogens is 321 g/mol. The van der Waals surface area contributed by atoms with E-state index in [1.807, 2.05) is 0 Å². The van der Waals surface area contributed by atoms with E-state index in [2.05, 4.69) is 54.2 Å². The quantitative estimate of drug-likeness (QED) is 0.424. The molecule has 0 unspecified atom stereocenters. The first-order valence-corrected chi connectivity index (χ1v) is 5.29. The molecule has 0 saturated heterocycles. The minimum Gasteiger partial charge on any atom is -0.205 e. The number of hydrogen-bond donors (Lipinski definition) is 0. The average Bonchev–Trinajstić information content (AvgIpc) is 2.09. The van der Waals surface area contributed by atoms with Crippen molar-refractivity contribution in [2.75, 3.05) is 0 Å². The minimum absolute atomic E-state index is 0.327. The zero-order chi connectivity index (χ0) is 10.0. The van der Waals surface area contributed by atoms with Gasteiger partial charge in [0, 0.05) is 10.0 Å². The van der Waals surface area contributed by atoms with E-state index in [0.29, 0.717) is 20.2 Å². The second-order valence-corrected chi connectivity index (χ2v) is 4.22. The summed E-state index contributed by atoms with van der Waals surface area (Å²) in [5.74, 6) is -0.327. The van der Waals surface area contributed by atoms with Crippen molar-refractivity contribution in [2.24, 2.45) is 4.99 Å². The number of isothiocyanates is 1. The first kappa shape index (κ1) is 11.0. The fourth-order valence-electron chi connectivity index (χ4n) is 0.888. The Morgan fingerprint density at radius 1 is 1.46 bits per heavy atom. The Hall–Kier alpha value is -0.0900. The second-order valence-electron chi connectivity index (χ2n) is 2.33. The third-order valence-electron chi connectivity index (χ3n) is 1.53. The van der Waals surface area contributed by atoms with Gasteiger partial charge in [-0.25, -0.2) is 4.39 Å². The Morgan fingerprint density at radius 2 is 2.08 bits per heavy atom. The monoisotopic (exact) mass is 323 g/mol. The molecule has 5 heteroatoms. The zero-order valence-electron chi connectivity index (χ0n) is 6.57. The van der Waals surface area contributed by atoms with Gasteiger partial charge in [0.1, 0.15) is 5.82 Å². The van der Waals surface area contributed by atoms with E-state index >= 15 is 0 Å². The molecule has 0 amide bonds. The van der Waals surface area contributed by atoms with Crippen molar-refractivity contribution in [3.05, 3.63) is 26.4 Å². The third kappa shape index (κ3) is 2.23. The molecule has 1 aromatic rings. The number of thiocarbonyl (C=S) groups is 1. The van der Waals surface area contributed by atoms with Crippen LogP contribution in [0.1, 0.15) is 5.56 Å². The van der Waals surface area contributed by atoms with Gasteiger partial charge in [-0.3, -0.25) is 0 Å². The molecule has 0 bridgehead atoms. The molecule has 0 aliphatic heterocycles. The van der Waals surface area contributed by atoms with Crippen LogP contribution in [-0.2, 0) is 0 Å². The van der Waals surface area contributed by atoms with Crippen molar-refractivity contribution < 1.29 is 4.39 Å². The highest BCUT2D eigenvalue weighted by atomic mass is 79.9. The van der Waals surface area contributed by atoms with Gasteiger partial charge in [-0.1, -0.05) is 0 Å².